The molecule has 23 heavy (non-hydrogen) atoms. The molecular weight excluding hydrogens is 450 g/mol. The first-order valence-corrected chi connectivity index (χ1v) is 29.1. The van der Waals surface area contributed by atoms with Gasteiger partial charge in [0, 0.05) is 7.11 Å². The fourth-order valence-corrected chi connectivity index (χ4v) is 260. The van der Waals surface area contributed by atoms with Crippen molar-refractivity contribution in [3.8, 4) is 0 Å². The van der Waals surface area contributed by atoms with Crippen molar-refractivity contribution in [3.05, 3.63) is 0 Å². The monoisotopic (exact) mass is 482 g/mol. The summed E-state index contributed by atoms with van der Waals surface area (Å²) in [7, 11) is -5.69. The second-order valence-electron chi connectivity index (χ2n) is 9.13. The van der Waals surface area contributed by atoms with E-state index in [1.165, 1.54) is 0 Å². The zero-order chi connectivity index (χ0) is 18.8. The minimum Gasteiger partial charge on any atom is -0.151 e. The molecule has 0 saturated carbocycles. The van der Waals surface area contributed by atoms with Crippen LogP contribution in [0.15, 0.2) is 0 Å². The topological polar surface area (TPSA) is 0 Å². The van der Waals surface area contributed by atoms with Gasteiger partial charge in [-0.05, 0) is 0 Å². The van der Waals surface area contributed by atoms with Gasteiger partial charge >= 0.3 is 0 Å². The van der Waals surface area contributed by atoms with Crippen LogP contribution in [0.5, 0.6) is 0 Å². The van der Waals surface area contributed by atoms with E-state index in [1.807, 2.05) is 0 Å². The van der Waals surface area contributed by atoms with Gasteiger partial charge in [0.15, 0.2) is 0 Å². The van der Waals surface area contributed by atoms with Gasteiger partial charge in [0.25, 0.3) is 11.5 Å². The van der Waals surface area contributed by atoms with Gasteiger partial charge in [-0.3, -0.25) is 0 Å². The summed E-state index contributed by atoms with van der Waals surface area (Å²) in [6.45, 7) is 24.2. The maximum absolute atomic E-state index is 7.46. The van der Waals surface area contributed by atoms with Crippen LogP contribution in [-0.4, -0.2) is 32.8 Å². The van der Waals surface area contributed by atoms with Crippen LogP contribution < -0.4 is 0 Å². The van der Waals surface area contributed by atoms with Crippen LogP contribution in [-0.2, 0) is 0 Å². The zero-order valence-electron chi connectivity index (χ0n) is 16.3. The highest BCUT2D eigenvalue weighted by Crippen LogP contribution is 2.69. The molecule has 1 rings (SSSR count). The quantitative estimate of drug-likeness (QED) is 0.287. The first kappa shape index (κ1) is 23.3. The van der Waals surface area contributed by atoms with Crippen molar-refractivity contribution in [2.24, 2.45) is 0 Å². The molecule has 0 N–H and O–H groups in total. The highest BCUT2D eigenvalue weighted by atomic mass is 35.8. The Balaban J connectivity index is 4.08. The van der Waals surface area contributed by atoms with E-state index in [0.717, 1.165) is 0 Å². The lowest BCUT2D eigenvalue weighted by molar-refractivity contribution is 0.933. The van der Waals surface area contributed by atoms with Crippen molar-refractivity contribution < 1.29 is 0 Å². The summed E-state index contributed by atoms with van der Waals surface area (Å²) in [5.41, 5.74) is -3.10. The van der Waals surface area contributed by atoms with Gasteiger partial charge in [0.2, 0.25) is 0 Å². The number of rotatable bonds is 4. The molecule has 0 unspecified atom stereocenters. The van der Waals surface area contributed by atoms with E-state index in [1.54, 1.807) is 0 Å². The second kappa shape index (κ2) is 6.69. The lowest BCUT2D eigenvalue weighted by Crippen LogP contribution is -2.77. The Hall–Kier alpha value is 2.24. The van der Waals surface area contributed by atoms with Gasteiger partial charge < -0.3 is 0 Å². The van der Waals surface area contributed by atoms with Crippen LogP contribution in [0.2, 0.25) is 35.3 Å². The molecule has 0 spiro atoms. The van der Waals surface area contributed by atoms with Gasteiger partial charge in [-0.25, -0.2) is 0 Å². The molecule has 1 aliphatic rings. The predicted molar refractivity (Wildman–Crippen MR) is 124 cm³/mol. The Morgan fingerprint density at radius 2 is 0.652 bits per heavy atom. The number of halogens is 4. The Labute approximate surface area is 166 Å². The van der Waals surface area contributed by atoms with E-state index in [9.17, 15) is 0 Å². The lowest BCUT2D eigenvalue weighted by atomic mass is 10.5. The summed E-state index contributed by atoms with van der Waals surface area (Å²) in [5, 5.41) is 0. The minimum atomic E-state index is -2.69. The molecule has 138 valence electrons. The highest BCUT2D eigenvalue weighted by Gasteiger charge is 2.91. The van der Waals surface area contributed by atoms with Gasteiger partial charge in [-0.15, -0.1) is 0 Å². The molecular formula is C14H34Cl4Si5. The summed E-state index contributed by atoms with van der Waals surface area (Å²) in [6.07, 6.45) is 0. The van der Waals surface area contributed by atoms with Crippen molar-refractivity contribution in [3.63, 3.8) is 0 Å². The molecule has 9 heteroatoms. The normalized spacial score (nSPS) is 27.4. The summed E-state index contributed by atoms with van der Waals surface area (Å²) in [5.74, 6) is 0. The molecule has 1 fully saturated rings. The van der Waals surface area contributed by atoms with Crippen LogP contribution in [0.4, 0.5) is 0 Å². The fourth-order valence-electron chi connectivity index (χ4n) is 7.32. The lowest BCUT2D eigenvalue weighted by Gasteiger charge is -2.55. The molecule has 0 aromatic heterocycles. The maximum Gasteiger partial charge on any atom is 0.256 e. The van der Waals surface area contributed by atoms with Gasteiger partial charge in [0.05, 0.1) is 14.2 Å². The minimum absolute atomic E-state index is 0.571. The van der Waals surface area contributed by atoms with Gasteiger partial charge in [0.1, 0.15) is 0 Å². The summed E-state index contributed by atoms with van der Waals surface area (Å²) in [6, 6.07) is 0. The third kappa shape index (κ3) is 2.36. The van der Waals surface area contributed by atoms with E-state index in [0.29, 0.717) is 22.2 Å². The van der Waals surface area contributed by atoms with Crippen molar-refractivity contribution in [1.82, 2.24) is 0 Å². The first-order valence-electron chi connectivity index (χ1n) is 8.78. The molecule has 1 heterocycles. The van der Waals surface area contributed by atoms with E-state index in [2.05, 4.69) is 68.5 Å². The van der Waals surface area contributed by atoms with Crippen LogP contribution >= 0.6 is 44.3 Å². The average Bonchev–Trinajstić information content (AvgIpc) is 2.33. The van der Waals surface area contributed by atoms with E-state index in [-0.39, 0.29) is 0 Å². The fraction of sp³-hybridized carbons (Fsp3) is 1.00. The van der Waals surface area contributed by atoms with Crippen molar-refractivity contribution >= 4 is 77.1 Å². The predicted octanol–water partition coefficient (Wildman–Crippen LogP) is 7.48. The average molecular weight is 485 g/mol. The summed E-state index contributed by atoms with van der Waals surface area (Å²) >= 11 is 29.8. The zero-order valence-corrected chi connectivity index (χ0v) is 24.3. The SMILES string of the molecule is CC(C)[Si]1(C(C)C)[Si](C)(C)[Si](C(C)C)(C(C)C)[Si](Cl)(Cl)[Si]1(Cl)Cl. The molecule has 0 nitrogen and oxygen atoms in total. The number of hydrogen-bond donors (Lipinski definition) is 0. The highest BCUT2D eigenvalue weighted by molar-refractivity contribution is 8.34. The molecule has 0 aromatic carbocycles. The molecule has 0 atom stereocenters. The van der Waals surface area contributed by atoms with Crippen molar-refractivity contribution in [2.45, 2.75) is 90.6 Å². The molecule has 1 saturated heterocycles. The standard InChI is InChI=1S/C14H34Cl4Si5/c1-11(2)20(12(3)4)19(9,10)21(13(5)6,14(7)8)23(17,18)22(20,15)16/h11-14H,1-10H3. The number of hydrogen-bond acceptors (Lipinski definition) is 0. The van der Waals surface area contributed by atoms with Gasteiger partial charge in [-0.1, -0.05) is 90.6 Å². The molecule has 0 bridgehead atoms. The van der Waals surface area contributed by atoms with E-state index >= 15 is 0 Å². The molecule has 0 aliphatic carbocycles. The smallest absolute Gasteiger partial charge is 0.151 e. The van der Waals surface area contributed by atoms with Crippen LogP contribution in [0.25, 0.3) is 0 Å². The van der Waals surface area contributed by atoms with Crippen LogP contribution in [0.3, 0.4) is 0 Å². The van der Waals surface area contributed by atoms with Crippen molar-refractivity contribution in [2.75, 3.05) is 0 Å². The van der Waals surface area contributed by atoms with Crippen molar-refractivity contribution in [1.29, 1.82) is 0 Å². The molecule has 0 radical (unpaired) electrons. The second-order valence-corrected chi connectivity index (χ2v) is 72.3. The Morgan fingerprint density at radius 3 is 0.739 bits per heavy atom. The van der Waals surface area contributed by atoms with E-state index in [4.69, 9.17) is 44.3 Å². The van der Waals surface area contributed by atoms with Crippen LogP contribution in [0, 0.1) is 0 Å². The maximum atomic E-state index is 7.46. The largest absolute Gasteiger partial charge is 0.256 e. The summed E-state index contributed by atoms with van der Waals surface area (Å²) < 4.78 is 0. The van der Waals surface area contributed by atoms with Crippen LogP contribution in [0.1, 0.15) is 55.4 Å². The van der Waals surface area contributed by atoms with Gasteiger partial charge in [-0.2, -0.15) is 44.3 Å². The summed E-state index contributed by atoms with van der Waals surface area (Å²) in [4.78, 5) is 0. The third-order valence-electron chi connectivity index (χ3n) is 7.14. The third-order valence-corrected chi connectivity index (χ3v) is 144. The van der Waals surface area contributed by atoms with E-state index < -0.39 is 32.8 Å². The Morgan fingerprint density at radius 1 is 0.478 bits per heavy atom. The molecule has 0 amide bonds. The molecule has 1 aliphatic heterocycles. The Kier molecular flexibility index (Phi) is 6.77. The molecule has 0 aromatic rings. The first-order chi connectivity index (χ1) is 10.0. The Bertz CT molecular complexity index is 404.